The van der Waals surface area contributed by atoms with Crippen molar-refractivity contribution in [2.75, 3.05) is 13.7 Å². The molecule has 0 bridgehead atoms. The lowest BCUT2D eigenvalue weighted by atomic mass is 9.93. The van der Waals surface area contributed by atoms with E-state index < -0.39 is 6.10 Å². The van der Waals surface area contributed by atoms with Gasteiger partial charge in [-0.2, -0.15) is 5.10 Å². The van der Waals surface area contributed by atoms with Gasteiger partial charge in [-0.1, -0.05) is 0 Å². The third-order valence-electron chi connectivity index (χ3n) is 3.29. The van der Waals surface area contributed by atoms with E-state index in [-0.39, 0.29) is 12.0 Å². The largest absolute Gasteiger partial charge is 0.493 e. The van der Waals surface area contributed by atoms with Gasteiger partial charge in [-0.25, -0.2) is 0 Å². The number of methoxy groups -OCH3 is 1. The van der Waals surface area contributed by atoms with Crippen LogP contribution in [0, 0.1) is 5.92 Å². The smallest absolute Gasteiger partial charge is 0.162 e. The Morgan fingerprint density at radius 2 is 2.44 bits per heavy atom. The van der Waals surface area contributed by atoms with Gasteiger partial charge in [-0.05, 0) is 13.3 Å². The molecule has 0 aromatic carbocycles. The number of aliphatic hydroxyl groups is 1. The highest BCUT2D eigenvalue weighted by Crippen LogP contribution is 2.36. The van der Waals surface area contributed by atoms with Gasteiger partial charge in [-0.3, -0.25) is 4.68 Å². The van der Waals surface area contributed by atoms with Gasteiger partial charge in [0.1, 0.15) is 11.8 Å². The Kier molecular flexibility index (Phi) is 3.16. The Morgan fingerprint density at radius 1 is 1.69 bits per heavy atom. The molecule has 0 aliphatic carbocycles. The van der Waals surface area contributed by atoms with Gasteiger partial charge in [0.05, 0.1) is 19.4 Å². The SMILES string of the molecule is COc1cnn(C)c1C(O)C1CCOC1C. The van der Waals surface area contributed by atoms with Crippen molar-refractivity contribution in [2.45, 2.75) is 25.6 Å². The van der Waals surface area contributed by atoms with Gasteiger partial charge < -0.3 is 14.6 Å². The Morgan fingerprint density at radius 3 is 3.00 bits per heavy atom. The molecule has 90 valence electrons. The first-order valence-electron chi connectivity index (χ1n) is 5.50. The molecule has 0 radical (unpaired) electrons. The molecule has 2 rings (SSSR count). The summed E-state index contributed by atoms with van der Waals surface area (Å²) in [5.41, 5.74) is 0.727. The summed E-state index contributed by atoms with van der Waals surface area (Å²) in [4.78, 5) is 0. The molecule has 5 heteroatoms. The molecule has 3 unspecified atom stereocenters. The number of ether oxygens (including phenoxy) is 2. The Balaban J connectivity index is 2.25. The Hall–Kier alpha value is -1.07. The Labute approximate surface area is 95.0 Å². The maximum atomic E-state index is 10.4. The van der Waals surface area contributed by atoms with Gasteiger partial charge in [0.25, 0.3) is 0 Å². The maximum Gasteiger partial charge on any atom is 0.162 e. The van der Waals surface area contributed by atoms with E-state index in [1.165, 1.54) is 0 Å². The van der Waals surface area contributed by atoms with Crippen molar-refractivity contribution in [3.05, 3.63) is 11.9 Å². The number of aryl methyl sites for hydroxylation is 1. The van der Waals surface area contributed by atoms with E-state index in [1.54, 1.807) is 18.0 Å². The zero-order valence-electron chi connectivity index (χ0n) is 9.88. The summed E-state index contributed by atoms with van der Waals surface area (Å²) in [6.45, 7) is 2.70. The minimum atomic E-state index is -0.583. The normalized spacial score (nSPS) is 27.0. The van der Waals surface area contributed by atoms with E-state index in [2.05, 4.69) is 5.10 Å². The lowest BCUT2D eigenvalue weighted by Gasteiger charge is -2.21. The fourth-order valence-corrected chi connectivity index (χ4v) is 2.29. The Bertz CT molecular complexity index is 364. The zero-order valence-corrected chi connectivity index (χ0v) is 9.88. The summed E-state index contributed by atoms with van der Waals surface area (Å²) in [6.07, 6.45) is 1.99. The summed E-state index contributed by atoms with van der Waals surface area (Å²) in [6, 6.07) is 0. The first-order chi connectivity index (χ1) is 7.65. The van der Waals surface area contributed by atoms with Crippen molar-refractivity contribution >= 4 is 0 Å². The average Bonchev–Trinajstić information content (AvgIpc) is 2.83. The topological polar surface area (TPSA) is 56.5 Å². The second-order valence-corrected chi connectivity index (χ2v) is 4.20. The number of aliphatic hydroxyl groups excluding tert-OH is 1. The average molecular weight is 226 g/mol. The summed E-state index contributed by atoms with van der Waals surface area (Å²) in [5.74, 6) is 0.749. The first-order valence-corrected chi connectivity index (χ1v) is 5.50. The van der Waals surface area contributed by atoms with Crippen LogP contribution >= 0.6 is 0 Å². The van der Waals surface area contributed by atoms with Crippen LogP contribution in [0.3, 0.4) is 0 Å². The van der Waals surface area contributed by atoms with Crippen molar-refractivity contribution in [1.29, 1.82) is 0 Å². The van der Waals surface area contributed by atoms with Crippen molar-refractivity contribution in [3.63, 3.8) is 0 Å². The van der Waals surface area contributed by atoms with Gasteiger partial charge >= 0.3 is 0 Å². The van der Waals surface area contributed by atoms with Gasteiger partial charge in [0, 0.05) is 19.6 Å². The molecule has 0 amide bonds. The number of nitrogens with zero attached hydrogens (tertiary/aromatic N) is 2. The molecule has 1 aromatic rings. The van der Waals surface area contributed by atoms with E-state index in [1.807, 2.05) is 14.0 Å². The number of hydrogen-bond donors (Lipinski definition) is 1. The molecular formula is C11H18N2O3. The van der Waals surface area contributed by atoms with Gasteiger partial charge in [-0.15, -0.1) is 0 Å². The quantitative estimate of drug-likeness (QED) is 0.831. The number of hydrogen-bond acceptors (Lipinski definition) is 4. The number of rotatable bonds is 3. The third-order valence-corrected chi connectivity index (χ3v) is 3.29. The summed E-state index contributed by atoms with van der Waals surface area (Å²) in [7, 11) is 3.39. The minimum Gasteiger partial charge on any atom is -0.493 e. The zero-order chi connectivity index (χ0) is 11.7. The second kappa shape index (κ2) is 4.43. The molecule has 0 saturated carbocycles. The molecule has 1 aliphatic rings. The highest BCUT2D eigenvalue weighted by atomic mass is 16.5. The summed E-state index contributed by atoms with van der Waals surface area (Å²) < 4.78 is 12.3. The standard InChI is InChI=1S/C11H18N2O3/c1-7-8(4-5-16-7)11(14)10-9(15-3)6-12-13(10)2/h6-8,11,14H,4-5H2,1-3H3. The van der Waals surface area contributed by atoms with Crippen LogP contribution in [0.1, 0.15) is 25.1 Å². The third kappa shape index (κ3) is 1.81. The molecule has 1 aliphatic heterocycles. The fourth-order valence-electron chi connectivity index (χ4n) is 2.29. The van der Waals surface area contributed by atoms with Crippen molar-refractivity contribution in [2.24, 2.45) is 13.0 Å². The van der Waals surface area contributed by atoms with Crippen molar-refractivity contribution < 1.29 is 14.6 Å². The lowest BCUT2D eigenvalue weighted by Crippen LogP contribution is -2.22. The molecule has 3 atom stereocenters. The predicted molar refractivity (Wildman–Crippen MR) is 58.2 cm³/mol. The maximum absolute atomic E-state index is 10.4. The molecule has 1 N–H and O–H groups in total. The lowest BCUT2D eigenvalue weighted by molar-refractivity contribution is 0.0380. The van der Waals surface area contributed by atoms with E-state index in [9.17, 15) is 5.11 Å². The van der Waals surface area contributed by atoms with Crippen LogP contribution in [-0.4, -0.2) is 34.7 Å². The molecule has 0 spiro atoms. The molecule has 1 aromatic heterocycles. The van der Waals surface area contributed by atoms with Crippen LogP contribution in [-0.2, 0) is 11.8 Å². The highest BCUT2D eigenvalue weighted by Gasteiger charge is 2.34. The van der Waals surface area contributed by atoms with E-state index >= 15 is 0 Å². The van der Waals surface area contributed by atoms with Crippen molar-refractivity contribution in [1.82, 2.24) is 9.78 Å². The monoisotopic (exact) mass is 226 g/mol. The molecule has 16 heavy (non-hydrogen) atoms. The van der Waals surface area contributed by atoms with Gasteiger partial charge in [0.15, 0.2) is 5.75 Å². The highest BCUT2D eigenvalue weighted by molar-refractivity contribution is 5.27. The molecule has 1 saturated heterocycles. The van der Waals surface area contributed by atoms with Crippen LogP contribution in [0.2, 0.25) is 0 Å². The van der Waals surface area contributed by atoms with Crippen LogP contribution in [0.5, 0.6) is 5.75 Å². The predicted octanol–water partition coefficient (Wildman–Crippen LogP) is 0.887. The van der Waals surface area contributed by atoms with Crippen LogP contribution in [0.25, 0.3) is 0 Å². The van der Waals surface area contributed by atoms with E-state index in [0.29, 0.717) is 12.4 Å². The molecule has 5 nitrogen and oxygen atoms in total. The minimum absolute atomic E-state index is 0.0783. The molecule has 1 fully saturated rings. The molecular weight excluding hydrogens is 208 g/mol. The second-order valence-electron chi connectivity index (χ2n) is 4.20. The first kappa shape index (κ1) is 11.4. The van der Waals surface area contributed by atoms with Crippen LogP contribution < -0.4 is 4.74 Å². The number of aromatic nitrogens is 2. The van der Waals surface area contributed by atoms with Crippen molar-refractivity contribution in [3.8, 4) is 5.75 Å². The van der Waals surface area contributed by atoms with E-state index in [4.69, 9.17) is 9.47 Å². The van der Waals surface area contributed by atoms with Crippen LogP contribution in [0.15, 0.2) is 6.20 Å². The summed E-state index contributed by atoms with van der Waals surface area (Å²) >= 11 is 0. The molecule has 2 heterocycles. The van der Waals surface area contributed by atoms with E-state index in [0.717, 1.165) is 12.1 Å². The summed E-state index contributed by atoms with van der Waals surface area (Å²) in [5, 5.41) is 14.4. The van der Waals surface area contributed by atoms with Gasteiger partial charge in [0.2, 0.25) is 0 Å². The fraction of sp³-hybridized carbons (Fsp3) is 0.727. The van der Waals surface area contributed by atoms with Crippen LogP contribution in [0.4, 0.5) is 0 Å².